The molecule has 0 aliphatic carbocycles. The van der Waals surface area contributed by atoms with Crippen molar-refractivity contribution in [3.05, 3.63) is 42.8 Å². The highest BCUT2D eigenvalue weighted by molar-refractivity contribution is 7.81. The van der Waals surface area contributed by atoms with E-state index in [1.54, 1.807) is 12.1 Å². The quantitative estimate of drug-likeness (QED) is 0.290. The summed E-state index contributed by atoms with van der Waals surface area (Å²) < 4.78 is 0. The van der Waals surface area contributed by atoms with Crippen molar-refractivity contribution in [1.29, 1.82) is 5.26 Å². The molecule has 0 saturated carbocycles. The fraction of sp³-hybridized carbons (Fsp3) is 0. The lowest BCUT2D eigenvalue weighted by Gasteiger charge is -2.15. The summed E-state index contributed by atoms with van der Waals surface area (Å²) in [6.45, 7) is 0. The molecule has 0 amide bonds. The van der Waals surface area contributed by atoms with Crippen LogP contribution in [0.25, 0.3) is 11.1 Å². The Labute approximate surface area is 157 Å². The first-order valence-corrected chi connectivity index (χ1v) is 8.06. The Bertz CT molecular complexity index is 769. The lowest BCUT2D eigenvalue weighted by Crippen LogP contribution is -1.91. The van der Waals surface area contributed by atoms with Crippen LogP contribution in [0.3, 0.4) is 0 Å². The van der Waals surface area contributed by atoms with Crippen LogP contribution in [-0.2, 0) is 0 Å². The second-order valence-corrected chi connectivity index (χ2v) is 6.73. The summed E-state index contributed by atoms with van der Waals surface area (Å²) in [5.41, 5.74) is 1.18. The molecule has 0 bridgehead atoms. The van der Waals surface area contributed by atoms with Gasteiger partial charge in [-0.15, -0.1) is 25.3 Å². The van der Waals surface area contributed by atoms with Gasteiger partial charge in [0, 0.05) is 15.4 Å². The predicted octanol–water partition coefficient (Wildman–Crippen LogP) is 7.07. The molecule has 1 nitrogen and oxygen atoms in total. The highest BCUT2D eigenvalue weighted by Crippen LogP contribution is 2.49. The van der Waals surface area contributed by atoms with Crippen LogP contribution in [0.2, 0.25) is 25.1 Å². The fourth-order valence-corrected chi connectivity index (χ4v) is 3.76. The van der Waals surface area contributed by atoms with Crippen LogP contribution >= 0.6 is 83.3 Å². The number of nitrogens with zero attached hydrogens (tertiary/aromatic N) is 1. The predicted molar refractivity (Wildman–Crippen MR) is 96.1 cm³/mol. The van der Waals surface area contributed by atoms with Crippen LogP contribution < -0.4 is 0 Å². The summed E-state index contributed by atoms with van der Waals surface area (Å²) in [6.07, 6.45) is 0. The largest absolute Gasteiger partial charge is 0.192 e. The normalized spacial score (nSPS) is 10.6. The average Bonchev–Trinajstić information content (AvgIpc) is 2.46. The van der Waals surface area contributed by atoms with E-state index >= 15 is 0 Å². The van der Waals surface area contributed by atoms with E-state index in [9.17, 15) is 5.26 Å². The van der Waals surface area contributed by atoms with Crippen molar-refractivity contribution in [3.8, 4) is 17.2 Å². The number of benzene rings is 2. The second-order valence-electron chi connectivity index (χ2n) is 3.91. The molecule has 2 aromatic carbocycles. The summed E-state index contributed by atoms with van der Waals surface area (Å²) >= 11 is 39.1. The molecule has 0 radical (unpaired) electrons. The maximum Gasteiger partial charge on any atom is 0.101 e. The van der Waals surface area contributed by atoms with Gasteiger partial charge in [0.05, 0.1) is 30.7 Å². The third-order valence-electron chi connectivity index (χ3n) is 2.75. The van der Waals surface area contributed by atoms with Gasteiger partial charge in [-0.1, -0.05) is 64.1 Å². The van der Waals surface area contributed by atoms with Gasteiger partial charge in [-0.2, -0.15) is 5.26 Å². The van der Waals surface area contributed by atoms with E-state index in [1.807, 2.05) is 6.07 Å². The molecule has 0 heterocycles. The third-order valence-corrected chi connectivity index (χ3v) is 5.86. The fourth-order valence-electron chi connectivity index (χ4n) is 1.73. The zero-order valence-corrected chi connectivity index (χ0v) is 15.5. The Hall–Kier alpha value is 0.0800. The number of nitriles is 1. The zero-order valence-electron chi connectivity index (χ0n) is 9.89. The Balaban J connectivity index is 2.91. The zero-order chi connectivity index (χ0) is 15.9. The maximum absolute atomic E-state index is 9.18. The van der Waals surface area contributed by atoms with Gasteiger partial charge in [-0.05, 0) is 11.6 Å². The van der Waals surface area contributed by atoms with E-state index in [4.69, 9.17) is 58.0 Å². The number of hydrogen-bond donors (Lipinski definition) is 2. The molecule has 0 spiro atoms. The van der Waals surface area contributed by atoms with E-state index in [-0.39, 0.29) is 25.1 Å². The van der Waals surface area contributed by atoms with Crippen molar-refractivity contribution < 1.29 is 0 Å². The van der Waals surface area contributed by atoms with Crippen LogP contribution in [-0.4, -0.2) is 0 Å². The van der Waals surface area contributed by atoms with Gasteiger partial charge in [0.1, 0.15) is 6.07 Å². The summed E-state index contributed by atoms with van der Waals surface area (Å²) in [7, 11) is 0. The Kier molecular flexibility index (Phi) is 5.55. The number of halogens is 5. The summed E-state index contributed by atoms with van der Waals surface area (Å²) in [5.74, 6) is 0. The molecule has 2 rings (SSSR count). The van der Waals surface area contributed by atoms with E-state index in [1.165, 1.54) is 0 Å². The van der Waals surface area contributed by atoms with Crippen molar-refractivity contribution in [2.24, 2.45) is 0 Å². The lowest BCUT2D eigenvalue weighted by atomic mass is 10.0. The molecule has 0 fully saturated rings. The number of thiol groups is 2. The standard InChI is InChI=1S/C13H4Cl5NS2/c14-8-7(9(15)11(17)12(18)10(8)16)4-1-2-6(20)5(3-19)13(4)21/h1-2,20-21H. The van der Waals surface area contributed by atoms with Crippen molar-refractivity contribution in [2.45, 2.75) is 9.79 Å². The highest BCUT2D eigenvalue weighted by atomic mass is 35.5. The molecule has 0 aromatic heterocycles. The minimum absolute atomic E-state index is 0.0733. The van der Waals surface area contributed by atoms with Crippen LogP contribution in [0.15, 0.2) is 21.9 Å². The van der Waals surface area contributed by atoms with Crippen LogP contribution in [0, 0.1) is 11.3 Å². The first kappa shape index (κ1) is 17.4. The Morgan fingerprint density at radius 2 is 1.29 bits per heavy atom. The molecule has 0 N–H and O–H groups in total. The maximum atomic E-state index is 9.18. The van der Waals surface area contributed by atoms with Crippen molar-refractivity contribution in [1.82, 2.24) is 0 Å². The molecule has 0 unspecified atom stereocenters. The molecular formula is C13H4Cl5NS2. The molecule has 8 heteroatoms. The van der Waals surface area contributed by atoms with Crippen molar-refractivity contribution in [2.75, 3.05) is 0 Å². The topological polar surface area (TPSA) is 23.8 Å². The van der Waals surface area contributed by atoms with Gasteiger partial charge in [-0.25, -0.2) is 0 Å². The SMILES string of the molecule is N#Cc1c(S)ccc(-c2c(Cl)c(Cl)c(Cl)c(Cl)c2Cl)c1S. The van der Waals surface area contributed by atoms with E-state index in [0.29, 0.717) is 26.5 Å². The molecule has 0 atom stereocenters. The average molecular weight is 416 g/mol. The second kappa shape index (κ2) is 6.68. The first-order chi connectivity index (χ1) is 9.81. The van der Waals surface area contributed by atoms with Gasteiger partial charge in [-0.3, -0.25) is 0 Å². The number of hydrogen-bond acceptors (Lipinski definition) is 3. The number of rotatable bonds is 1. The molecular weight excluding hydrogens is 412 g/mol. The lowest BCUT2D eigenvalue weighted by molar-refractivity contribution is 1.27. The Morgan fingerprint density at radius 1 is 0.810 bits per heavy atom. The molecule has 21 heavy (non-hydrogen) atoms. The van der Waals surface area contributed by atoms with Gasteiger partial charge in [0.25, 0.3) is 0 Å². The minimum atomic E-state index is 0.0733. The van der Waals surface area contributed by atoms with Gasteiger partial charge >= 0.3 is 0 Å². The minimum Gasteiger partial charge on any atom is -0.192 e. The third kappa shape index (κ3) is 2.96. The Morgan fingerprint density at radius 3 is 1.76 bits per heavy atom. The molecule has 0 aliphatic heterocycles. The van der Waals surface area contributed by atoms with Gasteiger partial charge in [0.15, 0.2) is 0 Å². The van der Waals surface area contributed by atoms with Crippen LogP contribution in [0.4, 0.5) is 0 Å². The van der Waals surface area contributed by atoms with E-state index in [2.05, 4.69) is 25.3 Å². The van der Waals surface area contributed by atoms with E-state index < -0.39 is 0 Å². The first-order valence-electron chi connectivity index (χ1n) is 5.28. The van der Waals surface area contributed by atoms with Crippen LogP contribution in [0.5, 0.6) is 0 Å². The smallest absolute Gasteiger partial charge is 0.101 e. The van der Waals surface area contributed by atoms with Crippen molar-refractivity contribution in [3.63, 3.8) is 0 Å². The summed E-state index contributed by atoms with van der Waals surface area (Å²) in [4.78, 5) is 0.868. The van der Waals surface area contributed by atoms with Crippen LogP contribution in [0.1, 0.15) is 5.56 Å². The molecule has 108 valence electrons. The van der Waals surface area contributed by atoms with Crippen molar-refractivity contribution >= 4 is 83.3 Å². The molecule has 0 saturated heterocycles. The summed E-state index contributed by atoms with van der Waals surface area (Å²) in [6, 6.07) is 5.34. The molecule has 2 aromatic rings. The van der Waals surface area contributed by atoms with Gasteiger partial charge < -0.3 is 0 Å². The monoisotopic (exact) mass is 413 g/mol. The summed E-state index contributed by atoms with van der Waals surface area (Å²) in [5, 5.41) is 9.70. The molecule has 0 aliphatic rings. The van der Waals surface area contributed by atoms with Gasteiger partial charge in [0.2, 0.25) is 0 Å². The highest BCUT2D eigenvalue weighted by Gasteiger charge is 2.22. The van der Waals surface area contributed by atoms with E-state index in [0.717, 1.165) is 0 Å².